The number of rotatable bonds is 5. The highest BCUT2D eigenvalue weighted by molar-refractivity contribution is 6.31. The summed E-state index contributed by atoms with van der Waals surface area (Å²) in [4.78, 5) is 23.7. The van der Waals surface area contributed by atoms with Crippen molar-refractivity contribution in [1.82, 2.24) is 5.32 Å². The molecular formula is C16H14Cl2N2O2. The highest BCUT2D eigenvalue weighted by Gasteiger charge is 2.12. The van der Waals surface area contributed by atoms with Gasteiger partial charge in [0.15, 0.2) is 0 Å². The van der Waals surface area contributed by atoms with E-state index in [4.69, 9.17) is 23.2 Å². The maximum Gasteiger partial charge on any atom is 0.253 e. The monoisotopic (exact) mass is 336 g/mol. The molecule has 2 rings (SSSR count). The van der Waals surface area contributed by atoms with E-state index in [-0.39, 0.29) is 17.7 Å². The van der Waals surface area contributed by atoms with Gasteiger partial charge in [-0.1, -0.05) is 41.9 Å². The maximum absolute atomic E-state index is 12.3. The first-order chi connectivity index (χ1) is 10.6. The Morgan fingerprint density at radius 2 is 1.68 bits per heavy atom. The van der Waals surface area contributed by atoms with Gasteiger partial charge in [-0.3, -0.25) is 9.59 Å². The van der Waals surface area contributed by atoms with Gasteiger partial charge < -0.3 is 10.6 Å². The van der Waals surface area contributed by atoms with Crippen LogP contribution in [0.15, 0.2) is 48.5 Å². The molecule has 2 aromatic rings. The second-order valence-corrected chi connectivity index (χ2v) is 5.18. The van der Waals surface area contributed by atoms with Crippen molar-refractivity contribution >= 4 is 40.7 Å². The van der Waals surface area contributed by atoms with Crippen LogP contribution in [0.25, 0.3) is 0 Å². The van der Waals surface area contributed by atoms with Crippen molar-refractivity contribution in [2.24, 2.45) is 0 Å². The molecule has 6 heteroatoms. The van der Waals surface area contributed by atoms with E-state index in [0.717, 1.165) is 5.56 Å². The van der Waals surface area contributed by atoms with Crippen LogP contribution in [0.1, 0.15) is 15.9 Å². The second kappa shape index (κ2) is 7.82. The molecule has 4 nitrogen and oxygen atoms in total. The molecule has 114 valence electrons. The summed E-state index contributed by atoms with van der Waals surface area (Å²) in [6.45, 7) is 0.302. The lowest BCUT2D eigenvalue weighted by Crippen LogP contribution is -2.25. The van der Waals surface area contributed by atoms with Crippen molar-refractivity contribution in [3.05, 3.63) is 64.7 Å². The molecule has 2 N–H and O–H groups in total. The maximum atomic E-state index is 12.3. The minimum absolute atomic E-state index is 0.171. The zero-order valence-electron chi connectivity index (χ0n) is 11.6. The molecule has 0 spiro atoms. The van der Waals surface area contributed by atoms with E-state index in [1.807, 2.05) is 18.2 Å². The number of carbonyl (C=O) groups is 2. The van der Waals surface area contributed by atoms with Gasteiger partial charge in [-0.25, -0.2) is 0 Å². The number of hydrogen-bond donors (Lipinski definition) is 2. The molecule has 0 unspecified atom stereocenters. The average molecular weight is 337 g/mol. The van der Waals surface area contributed by atoms with Crippen LogP contribution in [0.2, 0.25) is 5.02 Å². The Morgan fingerprint density at radius 1 is 1.00 bits per heavy atom. The third kappa shape index (κ3) is 4.23. The number of carbonyl (C=O) groups excluding carboxylic acids is 2. The summed E-state index contributed by atoms with van der Waals surface area (Å²) in [5, 5.41) is 5.96. The standard InChI is InChI=1S/C16H14Cl2N2O2/c17-9-15(21)20-14-8-4-2-6-12(14)16(22)19-10-11-5-1-3-7-13(11)18/h1-8H,9-10H2,(H,19,22)(H,20,21). The predicted octanol–water partition coefficient (Wildman–Crippen LogP) is 3.45. The fraction of sp³-hybridized carbons (Fsp3) is 0.125. The Hall–Kier alpha value is -2.04. The number of hydrogen-bond acceptors (Lipinski definition) is 2. The van der Waals surface area contributed by atoms with Gasteiger partial charge in [-0.15, -0.1) is 11.6 Å². The first kappa shape index (κ1) is 16.3. The third-order valence-corrected chi connectivity index (χ3v) is 3.58. The number of alkyl halides is 1. The van der Waals surface area contributed by atoms with Crippen molar-refractivity contribution in [1.29, 1.82) is 0 Å². The highest BCUT2D eigenvalue weighted by Crippen LogP contribution is 2.17. The zero-order valence-corrected chi connectivity index (χ0v) is 13.1. The lowest BCUT2D eigenvalue weighted by Gasteiger charge is -2.11. The molecule has 0 atom stereocenters. The summed E-state index contributed by atoms with van der Waals surface area (Å²) in [5.74, 6) is -0.839. The minimum Gasteiger partial charge on any atom is -0.348 e. The van der Waals surface area contributed by atoms with Gasteiger partial charge in [0.1, 0.15) is 5.88 Å². The molecule has 2 aromatic carbocycles. The van der Waals surface area contributed by atoms with E-state index >= 15 is 0 Å². The van der Waals surface area contributed by atoms with Crippen LogP contribution in [0.3, 0.4) is 0 Å². The molecule has 0 radical (unpaired) electrons. The molecule has 0 aromatic heterocycles. The van der Waals surface area contributed by atoms with Crippen molar-refractivity contribution in [3.63, 3.8) is 0 Å². The fourth-order valence-corrected chi connectivity index (χ4v) is 2.16. The average Bonchev–Trinajstić information content (AvgIpc) is 2.54. The number of nitrogens with one attached hydrogen (secondary N) is 2. The normalized spacial score (nSPS) is 10.1. The summed E-state index contributed by atoms with van der Waals surface area (Å²) in [6.07, 6.45) is 0. The van der Waals surface area contributed by atoms with Crippen LogP contribution < -0.4 is 10.6 Å². The van der Waals surface area contributed by atoms with E-state index in [0.29, 0.717) is 22.8 Å². The van der Waals surface area contributed by atoms with Crippen LogP contribution in [-0.2, 0) is 11.3 Å². The van der Waals surface area contributed by atoms with Crippen LogP contribution in [0, 0.1) is 0 Å². The topological polar surface area (TPSA) is 58.2 Å². The van der Waals surface area contributed by atoms with E-state index in [1.54, 1.807) is 30.3 Å². The Balaban J connectivity index is 2.10. The van der Waals surface area contributed by atoms with Gasteiger partial charge in [-0.2, -0.15) is 0 Å². The molecule has 2 amide bonds. The molecule has 0 aliphatic rings. The molecule has 0 saturated heterocycles. The van der Waals surface area contributed by atoms with Gasteiger partial charge in [0.2, 0.25) is 5.91 Å². The zero-order chi connectivity index (χ0) is 15.9. The lowest BCUT2D eigenvalue weighted by atomic mass is 10.1. The van der Waals surface area contributed by atoms with Gasteiger partial charge in [0, 0.05) is 11.6 Å². The van der Waals surface area contributed by atoms with Crippen LogP contribution in [-0.4, -0.2) is 17.7 Å². The molecule has 0 heterocycles. The van der Waals surface area contributed by atoms with E-state index in [2.05, 4.69) is 10.6 Å². The quantitative estimate of drug-likeness (QED) is 0.821. The van der Waals surface area contributed by atoms with Gasteiger partial charge in [-0.05, 0) is 23.8 Å². The number of halogens is 2. The van der Waals surface area contributed by atoms with Gasteiger partial charge >= 0.3 is 0 Å². The molecule has 0 aliphatic carbocycles. The summed E-state index contributed by atoms with van der Waals surface area (Å²) >= 11 is 11.5. The summed E-state index contributed by atoms with van der Waals surface area (Å²) in [6, 6.07) is 14.0. The first-order valence-electron chi connectivity index (χ1n) is 6.58. The number of anilines is 1. The molecule has 0 aliphatic heterocycles. The van der Waals surface area contributed by atoms with E-state index in [1.165, 1.54) is 0 Å². The highest BCUT2D eigenvalue weighted by atomic mass is 35.5. The van der Waals surface area contributed by atoms with Crippen molar-refractivity contribution in [2.45, 2.75) is 6.54 Å². The fourth-order valence-electron chi connectivity index (χ4n) is 1.89. The second-order valence-electron chi connectivity index (χ2n) is 4.50. The predicted molar refractivity (Wildman–Crippen MR) is 88.4 cm³/mol. The summed E-state index contributed by atoms with van der Waals surface area (Å²) < 4.78 is 0. The number of benzene rings is 2. The molecule has 0 saturated carbocycles. The van der Waals surface area contributed by atoms with Gasteiger partial charge in [0.25, 0.3) is 5.91 Å². The van der Waals surface area contributed by atoms with Crippen LogP contribution >= 0.6 is 23.2 Å². The molecule has 22 heavy (non-hydrogen) atoms. The van der Waals surface area contributed by atoms with Crippen molar-refractivity contribution in [2.75, 3.05) is 11.2 Å². The van der Waals surface area contributed by atoms with Crippen LogP contribution in [0.5, 0.6) is 0 Å². The Kier molecular flexibility index (Phi) is 5.81. The largest absolute Gasteiger partial charge is 0.348 e. The molecule has 0 bridgehead atoms. The SMILES string of the molecule is O=C(CCl)Nc1ccccc1C(=O)NCc1ccccc1Cl. The number of amides is 2. The Labute approximate surface area is 138 Å². The van der Waals surface area contributed by atoms with Crippen LogP contribution in [0.4, 0.5) is 5.69 Å². The first-order valence-corrected chi connectivity index (χ1v) is 7.49. The lowest BCUT2D eigenvalue weighted by molar-refractivity contribution is -0.113. The van der Waals surface area contributed by atoms with Crippen molar-refractivity contribution in [3.8, 4) is 0 Å². The Bertz CT molecular complexity index is 689. The molecule has 0 fully saturated rings. The van der Waals surface area contributed by atoms with E-state index < -0.39 is 0 Å². The molecular weight excluding hydrogens is 323 g/mol. The third-order valence-electron chi connectivity index (χ3n) is 2.96. The summed E-state index contributed by atoms with van der Waals surface area (Å²) in [5.41, 5.74) is 1.61. The minimum atomic E-state index is -0.368. The van der Waals surface area contributed by atoms with E-state index in [9.17, 15) is 9.59 Å². The van der Waals surface area contributed by atoms with Gasteiger partial charge in [0.05, 0.1) is 11.3 Å². The van der Waals surface area contributed by atoms with Crippen molar-refractivity contribution < 1.29 is 9.59 Å². The Morgan fingerprint density at radius 3 is 2.41 bits per heavy atom. The summed E-state index contributed by atoms with van der Waals surface area (Å²) in [7, 11) is 0. The smallest absolute Gasteiger partial charge is 0.253 e. The number of para-hydroxylation sites is 1.